The summed E-state index contributed by atoms with van der Waals surface area (Å²) in [4.78, 5) is 13.6. The number of carbonyl (C=O) groups is 1. The fraction of sp³-hybridized carbons (Fsp3) is 0.278. The first-order valence-corrected chi connectivity index (χ1v) is 8.32. The highest BCUT2D eigenvalue weighted by Gasteiger charge is 2.13. The van der Waals surface area contributed by atoms with Gasteiger partial charge in [-0.15, -0.1) is 11.8 Å². The van der Waals surface area contributed by atoms with Gasteiger partial charge in [-0.1, -0.05) is 25.1 Å². The Hall–Kier alpha value is -1.94. The number of methoxy groups -OCH3 is 1. The smallest absolute Gasteiger partial charge is 0.256 e. The summed E-state index contributed by atoms with van der Waals surface area (Å²) in [5, 5.41) is 2.96. The van der Waals surface area contributed by atoms with Crippen LogP contribution in [0.4, 0.5) is 5.69 Å². The van der Waals surface area contributed by atoms with E-state index in [9.17, 15) is 4.79 Å². The topological polar surface area (TPSA) is 38.3 Å². The van der Waals surface area contributed by atoms with Crippen LogP contribution >= 0.6 is 11.8 Å². The molecule has 4 heteroatoms. The molecule has 22 heavy (non-hydrogen) atoms. The van der Waals surface area contributed by atoms with E-state index in [0.717, 1.165) is 22.6 Å². The van der Waals surface area contributed by atoms with Crippen molar-refractivity contribution in [3.05, 3.63) is 53.6 Å². The number of hydrogen-bond donors (Lipinski definition) is 1. The van der Waals surface area contributed by atoms with Crippen LogP contribution in [0.1, 0.15) is 29.3 Å². The molecule has 0 aliphatic rings. The van der Waals surface area contributed by atoms with Crippen LogP contribution in [0, 0.1) is 6.92 Å². The van der Waals surface area contributed by atoms with E-state index in [2.05, 4.69) is 12.2 Å². The van der Waals surface area contributed by atoms with Gasteiger partial charge in [0.25, 0.3) is 5.91 Å². The van der Waals surface area contributed by atoms with E-state index in [1.54, 1.807) is 18.9 Å². The quantitative estimate of drug-likeness (QED) is 0.781. The normalized spacial score (nSPS) is 10.3. The van der Waals surface area contributed by atoms with Crippen LogP contribution in [-0.4, -0.2) is 18.8 Å². The molecule has 0 saturated carbocycles. The summed E-state index contributed by atoms with van der Waals surface area (Å²) >= 11 is 1.71. The molecule has 0 aliphatic heterocycles. The Balaban J connectivity index is 2.24. The predicted octanol–water partition coefficient (Wildman–Crippen LogP) is 4.76. The molecule has 0 atom stereocenters. The summed E-state index contributed by atoms with van der Waals surface area (Å²) in [6, 6.07) is 13.4. The molecule has 2 rings (SSSR count). The lowest BCUT2D eigenvalue weighted by Gasteiger charge is -2.13. The summed E-state index contributed by atoms with van der Waals surface area (Å²) in [5.41, 5.74) is 2.47. The fourth-order valence-electron chi connectivity index (χ4n) is 2.10. The van der Waals surface area contributed by atoms with Gasteiger partial charge in [0.15, 0.2) is 0 Å². The lowest BCUT2D eigenvalue weighted by molar-refractivity contribution is 0.102. The summed E-state index contributed by atoms with van der Waals surface area (Å²) < 4.78 is 5.31. The minimum atomic E-state index is -0.108. The third-order valence-electron chi connectivity index (χ3n) is 3.20. The molecule has 0 fully saturated rings. The van der Waals surface area contributed by atoms with Crippen molar-refractivity contribution in [2.24, 2.45) is 0 Å². The molecule has 0 radical (unpaired) electrons. The van der Waals surface area contributed by atoms with Crippen molar-refractivity contribution >= 4 is 23.4 Å². The second-order valence-corrected chi connectivity index (χ2v) is 6.14. The van der Waals surface area contributed by atoms with Crippen LogP contribution in [0.5, 0.6) is 5.75 Å². The van der Waals surface area contributed by atoms with Crippen LogP contribution in [0.15, 0.2) is 47.4 Å². The highest BCUT2D eigenvalue weighted by Crippen LogP contribution is 2.28. The first kappa shape index (κ1) is 16.4. The molecule has 0 spiro atoms. The van der Waals surface area contributed by atoms with Crippen molar-refractivity contribution < 1.29 is 9.53 Å². The van der Waals surface area contributed by atoms with Gasteiger partial charge in [-0.2, -0.15) is 0 Å². The van der Waals surface area contributed by atoms with Gasteiger partial charge in [0, 0.05) is 4.90 Å². The van der Waals surface area contributed by atoms with Gasteiger partial charge in [-0.05, 0) is 48.9 Å². The van der Waals surface area contributed by atoms with Gasteiger partial charge in [0.05, 0.1) is 18.4 Å². The lowest BCUT2D eigenvalue weighted by atomic mass is 10.1. The van der Waals surface area contributed by atoms with Crippen LogP contribution < -0.4 is 10.1 Å². The van der Waals surface area contributed by atoms with Crippen LogP contribution in [0.2, 0.25) is 0 Å². The average molecular weight is 315 g/mol. The third kappa shape index (κ3) is 4.04. The minimum absolute atomic E-state index is 0.108. The molecule has 2 aromatic carbocycles. The second kappa shape index (κ2) is 7.90. The number of thioether (sulfide) groups is 1. The highest BCUT2D eigenvalue weighted by atomic mass is 32.2. The zero-order valence-corrected chi connectivity index (χ0v) is 14.0. The van der Waals surface area contributed by atoms with Crippen molar-refractivity contribution in [3.63, 3.8) is 0 Å². The van der Waals surface area contributed by atoms with Crippen molar-refractivity contribution in [2.45, 2.75) is 25.2 Å². The first-order valence-electron chi connectivity index (χ1n) is 7.33. The monoisotopic (exact) mass is 315 g/mol. The maximum atomic E-state index is 12.6. The van der Waals surface area contributed by atoms with E-state index in [-0.39, 0.29) is 5.91 Å². The SMILES string of the molecule is CCCSc1ccccc1C(=O)Nc1cc(C)ccc1OC. The van der Waals surface area contributed by atoms with Crippen LogP contribution in [-0.2, 0) is 0 Å². The highest BCUT2D eigenvalue weighted by molar-refractivity contribution is 7.99. The molecular weight excluding hydrogens is 294 g/mol. The molecule has 0 bridgehead atoms. The molecule has 116 valence electrons. The van der Waals surface area contributed by atoms with Crippen molar-refractivity contribution in [2.75, 3.05) is 18.2 Å². The van der Waals surface area contributed by atoms with E-state index in [1.165, 1.54) is 0 Å². The van der Waals surface area contributed by atoms with Crippen LogP contribution in [0.25, 0.3) is 0 Å². The van der Waals surface area contributed by atoms with Crippen molar-refractivity contribution in [1.82, 2.24) is 0 Å². The summed E-state index contributed by atoms with van der Waals surface area (Å²) in [6.07, 6.45) is 1.08. The Morgan fingerprint density at radius 2 is 2.00 bits per heavy atom. The number of nitrogens with one attached hydrogen (secondary N) is 1. The molecule has 1 N–H and O–H groups in total. The van der Waals surface area contributed by atoms with Gasteiger partial charge in [0.2, 0.25) is 0 Å². The minimum Gasteiger partial charge on any atom is -0.495 e. The first-order chi connectivity index (χ1) is 10.7. The third-order valence-corrected chi connectivity index (χ3v) is 4.48. The molecule has 2 aromatic rings. The van der Waals surface area contributed by atoms with Crippen LogP contribution in [0.3, 0.4) is 0 Å². The average Bonchev–Trinajstić information content (AvgIpc) is 2.53. The Morgan fingerprint density at radius 3 is 2.73 bits per heavy atom. The maximum Gasteiger partial charge on any atom is 0.256 e. The predicted molar refractivity (Wildman–Crippen MR) is 93.1 cm³/mol. The molecule has 3 nitrogen and oxygen atoms in total. The van der Waals surface area contributed by atoms with E-state index < -0.39 is 0 Å². The largest absolute Gasteiger partial charge is 0.495 e. The number of ether oxygens (including phenoxy) is 1. The van der Waals surface area contributed by atoms with E-state index in [1.807, 2.05) is 49.4 Å². The lowest BCUT2D eigenvalue weighted by Crippen LogP contribution is -2.14. The molecular formula is C18H21NO2S. The van der Waals surface area contributed by atoms with Crippen molar-refractivity contribution in [1.29, 1.82) is 0 Å². The van der Waals surface area contributed by atoms with Gasteiger partial charge >= 0.3 is 0 Å². The Kier molecular flexibility index (Phi) is 5.90. The van der Waals surface area contributed by atoms with Gasteiger partial charge < -0.3 is 10.1 Å². The van der Waals surface area contributed by atoms with Gasteiger partial charge in [-0.3, -0.25) is 4.79 Å². The molecule has 0 saturated heterocycles. The molecule has 1 amide bonds. The number of amides is 1. The van der Waals surface area contributed by atoms with Gasteiger partial charge in [0.1, 0.15) is 5.75 Å². The van der Waals surface area contributed by atoms with E-state index in [4.69, 9.17) is 4.74 Å². The molecule has 0 aromatic heterocycles. The summed E-state index contributed by atoms with van der Waals surface area (Å²) in [5.74, 6) is 1.55. The number of benzene rings is 2. The Labute approximate surface area is 136 Å². The molecule has 0 heterocycles. The van der Waals surface area contributed by atoms with Crippen molar-refractivity contribution in [3.8, 4) is 5.75 Å². The molecule has 0 unspecified atom stereocenters. The zero-order chi connectivity index (χ0) is 15.9. The Bertz CT molecular complexity index is 655. The maximum absolute atomic E-state index is 12.6. The van der Waals surface area contributed by atoms with Gasteiger partial charge in [-0.25, -0.2) is 0 Å². The Morgan fingerprint density at radius 1 is 1.23 bits per heavy atom. The zero-order valence-electron chi connectivity index (χ0n) is 13.2. The number of anilines is 1. The second-order valence-electron chi connectivity index (χ2n) is 5.00. The standard InChI is InChI=1S/C18H21NO2S/c1-4-11-22-17-8-6-5-7-14(17)18(20)19-15-12-13(2)9-10-16(15)21-3/h5-10,12H,4,11H2,1-3H3,(H,19,20). The fourth-order valence-corrected chi connectivity index (χ4v) is 3.02. The van der Waals surface area contributed by atoms with E-state index in [0.29, 0.717) is 17.0 Å². The number of hydrogen-bond acceptors (Lipinski definition) is 3. The number of carbonyl (C=O) groups excluding carboxylic acids is 1. The summed E-state index contributed by atoms with van der Waals surface area (Å²) in [6.45, 7) is 4.12. The number of aryl methyl sites for hydroxylation is 1. The number of rotatable bonds is 6. The van der Waals surface area contributed by atoms with E-state index >= 15 is 0 Å². The molecule has 0 aliphatic carbocycles. The summed E-state index contributed by atoms with van der Waals surface area (Å²) in [7, 11) is 1.60.